The van der Waals surface area contributed by atoms with E-state index in [1.54, 1.807) is 60.7 Å². The molecule has 0 spiro atoms. The van der Waals surface area contributed by atoms with Crippen LogP contribution in [-0.4, -0.2) is 45.1 Å². The zero-order chi connectivity index (χ0) is 27.1. The summed E-state index contributed by atoms with van der Waals surface area (Å²) >= 11 is 5.89. The second-order valence-corrected chi connectivity index (χ2v) is 8.54. The number of H-pyrrole nitrogens is 1. The number of aromatic amines is 1. The molecule has 2 aromatic carbocycles. The summed E-state index contributed by atoms with van der Waals surface area (Å²) in [5.41, 5.74) is 0.421. The van der Waals surface area contributed by atoms with E-state index < -0.39 is 35.5 Å². The molecule has 0 aliphatic carbocycles. The van der Waals surface area contributed by atoms with Crippen LogP contribution in [0.5, 0.6) is 5.75 Å². The van der Waals surface area contributed by atoms with Crippen LogP contribution in [0.15, 0.2) is 87.7 Å². The zero-order valence-electron chi connectivity index (χ0n) is 19.8. The second kappa shape index (κ2) is 12.2. The number of hydrogen-bond acceptors (Lipinski definition) is 9. The molecule has 0 saturated heterocycles. The molecule has 4 rings (SSSR count). The number of esters is 2. The number of nitrogens with zero attached hydrogens (tertiary/aromatic N) is 2. The number of halogens is 1. The lowest BCUT2D eigenvalue weighted by atomic mass is 10.0. The van der Waals surface area contributed by atoms with Crippen LogP contribution >= 0.6 is 11.6 Å². The van der Waals surface area contributed by atoms with Crippen LogP contribution in [0.2, 0.25) is 5.02 Å². The standard InChI is InChI=1S/C26H22ClN3O8/c27-18-5-1-16(2-6-18)25(29-35)17-3-7-19(8-4-17)38-24(33)12-11-23(32)36-15-20-9-10-22(37-20)30-14-13-21(31)28-26(30)34/h1-10,13-14,20,22,35H,11-12,15H2,(H,28,31,34)/b29-25+. The molecule has 2 heterocycles. The average Bonchev–Trinajstić information content (AvgIpc) is 3.37. The number of rotatable bonds is 9. The lowest BCUT2D eigenvalue weighted by molar-refractivity contribution is -0.150. The average molecular weight is 540 g/mol. The molecular formula is C26H22ClN3O8. The van der Waals surface area contributed by atoms with Crippen molar-refractivity contribution in [2.75, 3.05) is 6.61 Å². The van der Waals surface area contributed by atoms with E-state index in [-0.39, 0.29) is 25.2 Å². The van der Waals surface area contributed by atoms with Crippen LogP contribution in [0.3, 0.4) is 0 Å². The predicted molar refractivity (Wildman–Crippen MR) is 136 cm³/mol. The smallest absolute Gasteiger partial charge is 0.330 e. The summed E-state index contributed by atoms with van der Waals surface area (Å²) in [5, 5.41) is 13.3. The van der Waals surface area contributed by atoms with Crippen molar-refractivity contribution < 1.29 is 29.0 Å². The van der Waals surface area contributed by atoms with E-state index in [0.29, 0.717) is 21.9 Å². The van der Waals surface area contributed by atoms with Gasteiger partial charge in [-0.25, -0.2) is 4.79 Å². The first-order valence-electron chi connectivity index (χ1n) is 11.4. The maximum atomic E-state index is 12.2. The minimum Gasteiger partial charge on any atom is -0.463 e. The lowest BCUT2D eigenvalue weighted by Crippen LogP contribution is -2.32. The summed E-state index contributed by atoms with van der Waals surface area (Å²) in [6.07, 6.45) is 2.81. The van der Waals surface area contributed by atoms with Gasteiger partial charge in [0, 0.05) is 28.4 Å². The molecule has 1 aliphatic heterocycles. The molecule has 0 amide bonds. The lowest BCUT2D eigenvalue weighted by Gasteiger charge is -2.15. The molecule has 3 aromatic rings. The number of hydrogen-bond donors (Lipinski definition) is 2. The molecule has 2 atom stereocenters. The van der Waals surface area contributed by atoms with Gasteiger partial charge >= 0.3 is 17.6 Å². The van der Waals surface area contributed by atoms with Gasteiger partial charge in [-0.1, -0.05) is 35.0 Å². The Morgan fingerprint density at radius 3 is 2.29 bits per heavy atom. The van der Waals surface area contributed by atoms with Crippen molar-refractivity contribution in [3.05, 3.63) is 110 Å². The topological polar surface area (TPSA) is 149 Å². The number of ether oxygens (including phenoxy) is 3. The van der Waals surface area contributed by atoms with Crippen molar-refractivity contribution in [3.63, 3.8) is 0 Å². The fourth-order valence-electron chi connectivity index (χ4n) is 3.57. The predicted octanol–water partition coefficient (Wildman–Crippen LogP) is 2.80. The molecule has 1 aliphatic rings. The van der Waals surface area contributed by atoms with E-state index in [2.05, 4.69) is 10.1 Å². The number of carbonyl (C=O) groups is 2. The van der Waals surface area contributed by atoms with E-state index in [4.69, 9.17) is 25.8 Å². The van der Waals surface area contributed by atoms with Crippen LogP contribution in [0.25, 0.3) is 0 Å². The van der Waals surface area contributed by atoms with Crippen molar-refractivity contribution in [3.8, 4) is 5.75 Å². The summed E-state index contributed by atoms with van der Waals surface area (Å²) < 4.78 is 17.2. The van der Waals surface area contributed by atoms with E-state index in [1.165, 1.54) is 16.8 Å². The summed E-state index contributed by atoms with van der Waals surface area (Å²) in [5.74, 6) is -0.989. The van der Waals surface area contributed by atoms with Crippen LogP contribution in [-0.2, 0) is 19.1 Å². The number of oxime groups is 1. The molecule has 2 N–H and O–H groups in total. The summed E-state index contributed by atoms with van der Waals surface area (Å²) in [7, 11) is 0. The third-order valence-electron chi connectivity index (χ3n) is 5.45. The highest BCUT2D eigenvalue weighted by atomic mass is 35.5. The first kappa shape index (κ1) is 26.6. The Bertz CT molecular complexity index is 1480. The molecular weight excluding hydrogens is 518 g/mol. The van der Waals surface area contributed by atoms with Crippen molar-refractivity contribution in [1.82, 2.24) is 9.55 Å². The third-order valence-corrected chi connectivity index (χ3v) is 5.70. The minimum absolute atomic E-state index is 0.108. The Balaban J connectivity index is 1.20. The number of benzene rings is 2. The Hall–Kier alpha value is -4.48. The SMILES string of the molecule is O=C(CCC(=O)Oc1ccc(/C(=N/O)c2ccc(Cl)cc2)cc1)OCC1C=CC(n2ccc(=O)[nH]c2=O)O1. The Labute approximate surface area is 220 Å². The Morgan fingerprint density at radius 1 is 0.974 bits per heavy atom. The molecule has 0 saturated carbocycles. The van der Waals surface area contributed by atoms with Gasteiger partial charge in [-0.15, -0.1) is 0 Å². The summed E-state index contributed by atoms with van der Waals surface area (Å²) in [6, 6.07) is 14.3. The molecule has 2 unspecified atom stereocenters. The van der Waals surface area contributed by atoms with Crippen molar-refractivity contribution in [1.29, 1.82) is 0 Å². The largest absolute Gasteiger partial charge is 0.463 e. The van der Waals surface area contributed by atoms with Crippen molar-refractivity contribution in [2.45, 2.75) is 25.2 Å². The van der Waals surface area contributed by atoms with Gasteiger partial charge < -0.3 is 19.4 Å². The zero-order valence-corrected chi connectivity index (χ0v) is 20.5. The van der Waals surface area contributed by atoms with E-state index >= 15 is 0 Å². The monoisotopic (exact) mass is 539 g/mol. The van der Waals surface area contributed by atoms with Gasteiger partial charge in [0.1, 0.15) is 24.2 Å². The molecule has 12 heteroatoms. The highest BCUT2D eigenvalue weighted by Crippen LogP contribution is 2.20. The maximum Gasteiger partial charge on any atom is 0.330 e. The molecule has 0 radical (unpaired) electrons. The fraction of sp³-hybridized carbons (Fsp3) is 0.192. The van der Waals surface area contributed by atoms with Gasteiger partial charge in [0.2, 0.25) is 0 Å². The molecule has 11 nitrogen and oxygen atoms in total. The first-order valence-corrected chi connectivity index (χ1v) is 11.8. The van der Waals surface area contributed by atoms with Gasteiger partial charge in [-0.2, -0.15) is 0 Å². The number of aromatic nitrogens is 2. The third kappa shape index (κ3) is 6.84. The van der Waals surface area contributed by atoms with E-state index in [0.717, 1.165) is 0 Å². The highest BCUT2D eigenvalue weighted by molar-refractivity contribution is 6.30. The van der Waals surface area contributed by atoms with Crippen molar-refractivity contribution in [2.24, 2.45) is 5.16 Å². The minimum atomic E-state index is -0.740. The maximum absolute atomic E-state index is 12.2. The van der Waals surface area contributed by atoms with Crippen molar-refractivity contribution >= 4 is 29.3 Å². The number of carbonyl (C=O) groups excluding carboxylic acids is 2. The van der Waals surface area contributed by atoms with Gasteiger partial charge in [-0.05, 0) is 42.5 Å². The van der Waals surface area contributed by atoms with Gasteiger partial charge in [0.05, 0.1) is 12.8 Å². The Kier molecular flexibility index (Phi) is 8.51. The molecule has 196 valence electrons. The van der Waals surface area contributed by atoms with Crippen LogP contribution < -0.4 is 16.0 Å². The quantitative estimate of drug-likeness (QED) is 0.105. The normalized spacial score (nSPS) is 16.8. The van der Waals surface area contributed by atoms with Gasteiger partial charge in [0.15, 0.2) is 6.23 Å². The highest BCUT2D eigenvalue weighted by Gasteiger charge is 2.23. The first-order chi connectivity index (χ1) is 18.3. The number of nitrogens with one attached hydrogen (secondary N) is 1. The molecule has 0 bridgehead atoms. The van der Waals surface area contributed by atoms with Gasteiger partial charge in [0.25, 0.3) is 5.56 Å². The second-order valence-electron chi connectivity index (χ2n) is 8.10. The molecule has 1 aromatic heterocycles. The summed E-state index contributed by atoms with van der Waals surface area (Å²) in [6.45, 7) is -0.108. The van der Waals surface area contributed by atoms with Gasteiger partial charge in [-0.3, -0.25) is 23.9 Å². The van der Waals surface area contributed by atoms with Crippen LogP contribution in [0.1, 0.15) is 30.2 Å². The van der Waals surface area contributed by atoms with E-state index in [1.807, 2.05) is 0 Å². The van der Waals surface area contributed by atoms with Crippen LogP contribution in [0.4, 0.5) is 0 Å². The molecule has 38 heavy (non-hydrogen) atoms. The summed E-state index contributed by atoms with van der Waals surface area (Å²) in [4.78, 5) is 49.4. The molecule has 0 fully saturated rings. The van der Waals surface area contributed by atoms with E-state index in [9.17, 15) is 24.4 Å². The van der Waals surface area contributed by atoms with Crippen LogP contribution in [0, 0.1) is 0 Å². The Morgan fingerprint density at radius 2 is 1.63 bits per heavy atom. The fourth-order valence-corrected chi connectivity index (χ4v) is 3.70.